The largest absolute Gasteiger partial charge is 0.313 e. The third-order valence-corrected chi connectivity index (χ3v) is 3.77. The molecule has 4 nitrogen and oxygen atoms in total. The summed E-state index contributed by atoms with van der Waals surface area (Å²) in [4.78, 5) is 2.56. The molecule has 2 rings (SSSR count). The summed E-state index contributed by atoms with van der Waals surface area (Å²) < 4.78 is 2.02. The molecule has 0 saturated carbocycles. The molecule has 1 fully saturated rings. The van der Waals surface area contributed by atoms with Crippen molar-refractivity contribution in [2.45, 2.75) is 51.7 Å². The number of hydrogen-bond donors (Lipinski definition) is 1. The van der Waals surface area contributed by atoms with Gasteiger partial charge in [0.25, 0.3) is 0 Å². The number of aromatic nitrogens is 2. The Bertz CT molecular complexity index is 315. The lowest BCUT2D eigenvalue weighted by molar-refractivity contribution is 0.177. The van der Waals surface area contributed by atoms with Crippen molar-refractivity contribution < 1.29 is 0 Å². The van der Waals surface area contributed by atoms with E-state index < -0.39 is 0 Å². The monoisotopic (exact) mass is 250 g/mol. The first-order valence-corrected chi connectivity index (χ1v) is 7.20. The molecule has 4 heteroatoms. The van der Waals surface area contributed by atoms with Gasteiger partial charge in [0.05, 0.1) is 6.54 Å². The van der Waals surface area contributed by atoms with E-state index in [-0.39, 0.29) is 0 Å². The van der Waals surface area contributed by atoms with Gasteiger partial charge < -0.3 is 5.32 Å². The fourth-order valence-electron chi connectivity index (χ4n) is 2.59. The van der Waals surface area contributed by atoms with E-state index in [0.29, 0.717) is 12.1 Å². The third-order valence-electron chi connectivity index (χ3n) is 3.77. The number of nitrogens with zero attached hydrogens (tertiary/aromatic N) is 3. The summed E-state index contributed by atoms with van der Waals surface area (Å²) in [6, 6.07) is 3.27. The van der Waals surface area contributed by atoms with Crippen molar-refractivity contribution in [2.75, 3.05) is 19.6 Å². The summed E-state index contributed by atoms with van der Waals surface area (Å²) in [5.41, 5.74) is 0. The normalized spacial score (nSPS) is 20.8. The van der Waals surface area contributed by atoms with E-state index in [0.717, 1.165) is 13.1 Å². The summed E-state index contributed by atoms with van der Waals surface area (Å²) in [5, 5.41) is 7.90. The van der Waals surface area contributed by atoms with Crippen molar-refractivity contribution in [3.63, 3.8) is 0 Å². The van der Waals surface area contributed by atoms with Crippen LogP contribution < -0.4 is 5.32 Å². The van der Waals surface area contributed by atoms with E-state index in [4.69, 9.17) is 0 Å². The lowest BCUT2D eigenvalue weighted by Gasteiger charge is -2.33. The Hall–Kier alpha value is -0.870. The van der Waals surface area contributed by atoms with Crippen LogP contribution in [-0.2, 0) is 6.54 Å². The van der Waals surface area contributed by atoms with Crippen molar-refractivity contribution in [2.24, 2.45) is 0 Å². The minimum absolute atomic E-state index is 0.601. The molecule has 0 aromatic carbocycles. The highest BCUT2D eigenvalue weighted by Crippen LogP contribution is 2.10. The first-order chi connectivity index (χ1) is 8.75. The molecule has 1 aromatic heterocycles. The van der Waals surface area contributed by atoms with Gasteiger partial charge in [-0.25, -0.2) is 0 Å². The van der Waals surface area contributed by atoms with Crippen LogP contribution in [-0.4, -0.2) is 46.4 Å². The van der Waals surface area contributed by atoms with Crippen molar-refractivity contribution >= 4 is 0 Å². The summed E-state index contributed by atoms with van der Waals surface area (Å²) in [5.74, 6) is 0. The molecule has 1 aliphatic heterocycles. The van der Waals surface area contributed by atoms with Gasteiger partial charge in [-0.1, -0.05) is 6.42 Å². The topological polar surface area (TPSA) is 33.1 Å². The maximum absolute atomic E-state index is 4.27. The van der Waals surface area contributed by atoms with Crippen molar-refractivity contribution in [1.29, 1.82) is 0 Å². The number of nitrogens with one attached hydrogen (secondary N) is 1. The average molecular weight is 250 g/mol. The molecule has 0 amide bonds. The van der Waals surface area contributed by atoms with Crippen LogP contribution in [0.25, 0.3) is 0 Å². The minimum Gasteiger partial charge on any atom is -0.313 e. The quantitative estimate of drug-likeness (QED) is 0.835. The van der Waals surface area contributed by atoms with Gasteiger partial charge in [0.2, 0.25) is 0 Å². The maximum atomic E-state index is 4.27. The van der Waals surface area contributed by atoms with Crippen molar-refractivity contribution in [3.05, 3.63) is 18.5 Å². The second-order valence-corrected chi connectivity index (χ2v) is 5.50. The molecule has 102 valence electrons. The maximum Gasteiger partial charge on any atom is 0.0536 e. The second kappa shape index (κ2) is 6.90. The van der Waals surface area contributed by atoms with Crippen molar-refractivity contribution in [1.82, 2.24) is 20.0 Å². The van der Waals surface area contributed by atoms with Crippen LogP contribution in [0.4, 0.5) is 0 Å². The van der Waals surface area contributed by atoms with E-state index in [1.54, 1.807) is 0 Å². The molecule has 18 heavy (non-hydrogen) atoms. The van der Waals surface area contributed by atoms with Crippen LogP contribution >= 0.6 is 0 Å². The number of rotatable bonds is 6. The smallest absolute Gasteiger partial charge is 0.0536 e. The molecular formula is C14H26N4. The highest BCUT2D eigenvalue weighted by molar-refractivity contribution is 4.80. The zero-order valence-electron chi connectivity index (χ0n) is 11.7. The molecule has 0 radical (unpaired) electrons. The molecule has 1 aromatic rings. The third kappa shape index (κ3) is 4.10. The van der Waals surface area contributed by atoms with Crippen LogP contribution in [0.5, 0.6) is 0 Å². The first kappa shape index (κ1) is 13.6. The lowest BCUT2D eigenvalue weighted by Crippen LogP contribution is -2.46. The lowest BCUT2D eigenvalue weighted by atomic mass is 10.0. The summed E-state index contributed by atoms with van der Waals surface area (Å²) in [6.45, 7) is 8.99. The highest BCUT2D eigenvalue weighted by atomic mass is 15.3. The van der Waals surface area contributed by atoms with Crippen LogP contribution in [0.2, 0.25) is 0 Å². The standard InChI is InChI=1S/C14H26N4/c1-13(2)17(10-11-18-9-5-8-16-18)12-14-6-3-4-7-15-14/h5,8-9,13-15H,3-4,6-7,10-12H2,1-2H3. The Kier molecular flexibility index (Phi) is 5.20. The van der Waals surface area contributed by atoms with E-state index >= 15 is 0 Å². The van der Waals surface area contributed by atoms with Crippen LogP contribution in [0.3, 0.4) is 0 Å². The Morgan fingerprint density at radius 1 is 1.44 bits per heavy atom. The predicted octanol–water partition coefficient (Wildman–Crippen LogP) is 1.74. The van der Waals surface area contributed by atoms with Gasteiger partial charge in [-0.15, -0.1) is 0 Å². The molecule has 1 saturated heterocycles. The molecule has 0 bridgehead atoms. The Morgan fingerprint density at radius 3 is 2.94 bits per heavy atom. The fraction of sp³-hybridized carbons (Fsp3) is 0.786. The zero-order valence-corrected chi connectivity index (χ0v) is 11.7. The van der Waals surface area contributed by atoms with E-state index in [1.807, 2.05) is 23.1 Å². The molecule has 1 unspecified atom stereocenters. The van der Waals surface area contributed by atoms with Crippen LogP contribution in [0.15, 0.2) is 18.5 Å². The van der Waals surface area contributed by atoms with Gasteiger partial charge in [0.15, 0.2) is 0 Å². The summed E-state index contributed by atoms with van der Waals surface area (Å²) in [6.07, 6.45) is 7.93. The van der Waals surface area contributed by atoms with Gasteiger partial charge in [-0.3, -0.25) is 9.58 Å². The average Bonchev–Trinajstić information content (AvgIpc) is 2.88. The molecule has 1 aliphatic rings. The summed E-state index contributed by atoms with van der Waals surface area (Å²) in [7, 11) is 0. The Labute approximate surface area is 110 Å². The number of hydrogen-bond acceptors (Lipinski definition) is 3. The van der Waals surface area contributed by atoms with Gasteiger partial charge >= 0.3 is 0 Å². The zero-order chi connectivity index (χ0) is 12.8. The fourth-order valence-corrected chi connectivity index (χ4v) is 2.59. The predicted molar refractivity (Wildman–Crippen MR) is 74.6 cm³/mol. The molecule has 2 heterocycles. The SMILES string of the molecule is CC(C)N(CCn1cccn1)CC1CCCCN1. The molecule has 1 atom stereocenters. The molecular weight excluding hydrogens is 224 g/mol. The van der Waals surface area contributed by atoms with Crippen LogP contribution in [0, 0.1) is 0 Å². The number of piperidine rings is 1. The first-order valence-electron chi connectivity index (χ1n) is 7.20. The molecule has 0 spiro atoms. The Balaban J connectivity index is 1.79. The van der Waals surface area contributed by atoms with Crippen LogP contribution in [0.1, 0.15) is 33.1 Å². The minimum atomic E-state index is 0.601. The second-order valence-electron chi connectivity index (χ2n) is 5.50. The van der Waals surface area contributed by atoms with E-state index in [9.17, 15) is 0 Å². The van der Waals surface area contributed by atoms with E-state index in [1.165, 1.54) is 32.4 Å². The van der Waals surface area contributed by atoms with E-state index in [2.05, 4.69) is 29.2 Å². The van der Waals surface area contributed by atoms with Gasteiger partial charge in [0.1, 0.15) is 0 Å². The molecule has 1 N–H and O–H groups in total. The molecule has 0 aliphatic carbocycles. The highest BCUT2D eigenvalue weighted by Gasteiger charge is 2.18. The Morgan fingerprint density at radius 2 is 2.33 bits per heavy atom. The van der Waals surface area contributed by atoms with Crippen molar-refractivity contribution in [3.8, 4) is 0 Å². The van der Waals surface area contributed by atoms with Gasteiger partial charge in [-0.2, -0.15) is 5.10 Å². The van der Waals surface area contributed by atoms with Gasteiger partial charge in [0, 0.05) is 37.6 Å². The van der Waals surface area contributed by atoms with Gasteiger partial charge in [-0.05, 0) is 39.3 Å². The summed E-state index contributed by atoms with van der Waals surface area (Å²) >= 11 is 0.